The van der Waals surface area contributed by atoms with E-state index in [2.05, 4.69) is 30.9 Å². The number of nitrogens with one attached hydrogen (secondary N) is 3. The molecule has 7 heteroatoms. The zero-order valence-electron chi connectivity index (χ0n) is 19.9. The Kier molecular flexibility index (Phi) is 8.37. The van der Waals surface area contributed by atoms with E-state index in [-0.39, 0.29) is 5.78 Å². The molecule has 4 rings (SSSR count). The molecule has 0 radical (unpaired) electrons. The number of aryl methyl sites for hydroxylation is 1. The number of carbonyl (C=O) groups is 1. The molecule has 0 fully saturated rings. The minimum Gasteiger partial charge on any atom is -0.354 e. The fourth-order valence-corrected chi connectivity index (χ4v) is 3.54. The predicted octanol–water partition coefficient (Wildman–Crippen LogP) is 6.52. The first-order valence-electron chi connectivity index (χ1n) is 11.9. The minimum absolute atomic E-state index is 0.194. The van der Waals surface area contributed by atoms with Gasteiger partial charge in [0.05, 0.1) is 0 Å². The van der Waals surface area contributed by atoms with Crippen molar-refractivity contribution in [3.05, 3.63) is 96.1 Å². The molecule has 4 aromatic rings. The largest absolute Gasteiger partial charge is 0.354 e. The molecule has 1 aromatic heterocycles. The number of ketones is 1. The van der Waals surface area contributed by atoms with Gasteiger partial charge in [-0.25, -0.2) is 0 Å². The molecule has 7 nitrogen and oxygen atoms in total. The summed E-state index contributed by atoms with van der Waals surface area (Å²) in [5, 5.41) is 9.79. The number of hydrogen-bond acceptors (Lipinski definition) is 7. The highest BCUT2D eigenvalue weighted by Gasteiger charge is 2.08. The van der Waals surface area contributed by atoms with Crippen LogP contribution in [-0.4, -0.2) is 27.3 Å². The van der Waals surface area contributed by atoms with E-state index >= 15 is 0 Å². The second-order valence-electron chi connectivity index (χ2n) is 8.31. The van der Waals surface area contributed by atoms with E-state index in [0.717, 1.165) is 36.2 Å². The molecule has 0 aliphatic heterocycles. The number of carbonyl (C=O) groups excluding carboxylic acids is 1. The number of anilines is 5. The minimum atomic E-state index is 0.194. The molecule has 35 heavy (non-hydrogen) atoms. The van der Waals surface area contributed by atoms with Crippen LogP contribution in [0.3, 0.4) is 0 Å². The third kappa shape index (κ3) is 7.64. The van der Waals surface area contributed by atoms with Crippen molar-refractivity contribution in [3.63, 3.8) is 0 Å². The number of unbranched alkanes of at least 4 members (excludes halogenated alkanes) is 2. The van der Waals surface area contributed by atoms with Crippen LogP contribution < -0.4 is 16.0 Å². The first-order valence-corrected chi connectivity index (χ1v) is 11.9. The van der Waals surface area contributed by atoms with Crippen molar-refractivity contribution in [1.82, 2.24) is 15.0 Å². The summed E-state index contributed by atoms with van der Waals surface area (Å²) < 4.78 is 0. The van der Waals surface area contributed by atoms with Gasteiger partial charge in [0, 0.05) is 29.9 Å². The summed E-state index contributed by atoms with van der Waals surface area (Å²) in [7, 11) is 0. The molecule has 0 aliphatic rings. The molecule has 0 amide bonds. The topological polar surface area (TPSA) is 91.8 Å². The number of hydrogen-bond donors (Lipinski definition) is 3. The quantitative estimate of drug-likeness (QED) is 0.162. The van der Waals surface area contributed by atoms with Crippen molar-refractivity contribution in [2.75, 3.05) is 22.5 Å². The Labute approximate surface area is 206 Å². The Balaban J connectivity index is 1.34. The Morgan fingerprint density at radius 1 is 0.657 bits per heavy atom. The van der Waals surface area contributed by atoms with Gasteiger partial charge in [0.15, 0.2) is 5.78 Å². The number of nitrogens with zero attached hydrogens (tertiary/aromatic N) is 3. The van der Waals surface area contributed by atoms with Crippen molar-refractivity contribution in [2.24, 2.45) is 0 Å². The van der Waals surface area contributed by atoms with Crippen LogP contribution in [0.1, 0.15) is 41.6 Å². The molecule has 0 saturated carbocycles. The van der Waals surface area contributed by atoms with Crippen molar-refractivity contribution in [1.29, 1.82) is 0 Å². The van der Waals surface area contributed by atoms with Crippen LogP contribution in [0, 0.1) is 6.92 Å². The molecule has 0 aliphatic carbocycles. The van der Waals surface area contributed by atoms with Gasteiger partial charge in [0.2, 0.25) is 17.8 Å². The maximum Gasteiger partial charge on any atom is 0.233 e. The highest BCUT2D eigenvalue weighted by atomic mass is 16.1. The molecular formula is C28H30N6O. The average Bonchev–Trinajstić information content (AvgIpc) is 2.88. The standard InChI is InChI=1S/C28H30N6O/c1-21-16-18-24(19-17-21)31-28-33-26(32-27(34-28)30-23-13-7-3-8-14-23)29-20-10-4-9-15-25(35)22-11-5-2-6-12-22/h2-3,5-8,11-14,16-19H,4,9-10,15,20H2,1H3,(H3,29,30,31,32,33,34). The second-order valence-corrected chi connectivity index (χ2v) is 8.31. The zero-order chi connectivity index (χ0) is 24.3. The van der Waals surface area contributed by atoms with Gasteiger partial charge in [-0.15, -0.1) is 0 Å². The number of benzene rings is 3. The van der Waals surface area contributed by atoms with E-state index in [4.69, 9.17) is 0 Å². The maximum absolute atomic E-state index is 12.2. The first kappa shape index (κ1) is 23.9. The van der Waals surface area contributed by atoms with E-state index in [1.54, 1.807) is 0 Å². The van der Waals surface area contributed by atoms with E-state index in [1.165, 1.54) is 5.56 Å². The van der Waals surface area contributed by atoms with E-state index in [0.29, 0.717) is 30.8 Å². The summed E-state index contributed by atoms with van der Waals surface area (Å²) in [6.45, 7) is 2.76. The van der Waals surface area contributed by atoms with Gasteiger partial charge in [0.25, 0.3) is 0 Å². The van der Waals surface area contributed by atoms with Crippen LogP contribution in [0.4, 0.5) is 29.2 Å². The highest BCUT2D eigenvalue weighted by molar-refractivity contribution is 5.95. The highest BCUT2D eigenvalue weighted by Crippen LogP contribution is 2.19. The zero-order valence-corrected chi connectivity index (χ0v) is 19.9. The van der Waals surface area contributed by atoms with Crippen LogP contribution in [0.5, 0.6) is 0 Å². The first-order chi connectivity index (χ1) is 17.2. The van der Waals surface area contributed by atoms with Gasteiger partial charge >= 0.3 is 0 Å². The smallest absolute Gasteiger partial charge is 0.233 e. The third-order valence-electron chi connectivity index (χ3n) is 5.43. The Morgan fingerprint density at radius 2 is 1.23 bits per heavy atom. The molecule has 0 spiro atoms. The lowest BCUT2D eigenvalue weighted by atomic mass is 10.0. The van der Waals surface area contributed by atoms with Crippen LogP contribution in [0.15, 0.2) is 84.9 Å². The lowest BCUT2D eigenvalue weighted by molar-refractivity contribution is 0.0979. The fourth-order valence-electron chi connectivity index (χ4n) is 3.54. The summed E-state index contributed by atoms with van der Waals surface area (Å²) >= 11 is 0. The van der Waals surface area contributed by atoms with Crippen LogP contribution in [-0.2, 0) is 0 Å². The molecule has 178 valence electrons. The Morgan fingerprint density at radius 3 is 1.89 bits per heavy atom. The molecule has 3 aromatic carbocycles. The molecular weight excluding hydrogens is 436 g/mol. The maximum atomic E-state index is 12.2. The Hall–Kier alpha value is -4.26. The third-order valence-corrected chi connectivity index (χ3v) is 5.43. The van der Waals surface area contributed by atoms with E-state index < -0.39 is 0 Å². The van der Waals surface area contributed by atoms with Gasteiger partial charge in [-0.2, -0.15) is 15.0 Å². The number of para-hydroxylation sites is 1. The lowest BCUT2D eigenvalue weighted by Gasteiger charge is -2.11. The summed E-state index contributed by atoms with van der Waals surface area (Å²) in [6, 6.07) is 27.3. The van der Waals surface area contributed by atoms with Gasteiger partial charge < -0.3 is 16.0 Å². The van der Waals surface area contributed by atoms with Crippen molar-refractivity contribution in [2.45, 2.75) is 32.6 Å². The molecule has 0 unspecified atom stereocenters. The van der Waals surface area contributed by atoms with E-state index in [1.807, 2.05) is 91.9 Å². The monoisotopic (exact) mass is 466 g/mol. The predicted molar refractivity (Wildman–Crippen MR) is 142 cm³/mol. The molecule has 0 atom stereocenters. The molecule has 0 bridgehead atoms. The Bertz CT molecular complexity index is 1210. The van der Waals surface area contributed by atoms with Gasteiger partial charge in [-0.05, 0) is 44.0 Å². The van der Waals surface area contributed by atoms with E-state index in [9.17, 15) is 4.79 Å². The number of Topliss-reactive ketones (excluding diaryl/α,β-unsaturated/α-hetero) is 1. The normalized spacial score (nSPS) is 10.5. The SMILES string of the molecule is Cc1ccc(Nc2nc(NCCCCCC(=O)c3ccccc3)nc(Nc3ccccc3)n2)cc1. The fraction of sp³-hybridized carbons (Fsp3) is 0.214. The van der Waals surface area contributed by atoms with Gasteiger partial charge in [-0.3, -0.25) is 4.79 Å². The lowest BCUT2D eigenvalue weighted by Crippen LogP contribution is -2.10. The molecule has 0 saturated heterocycles. The summed E-state index contributed by atoms with van der Waals surface area (Å²) in [5.41, 5.74) is 3.77. The number of rotatable bonds is 12. The summed E-state index contributed by atoms with van der Waals surface area (Å²) in [4.78, 5) is 25.8. The summed E-state index contributed by atoms with van der Waals surface area (Å²) in [6.07, 6.45) is 3.27. The number of aromatic nitrogens is 3. The summed E-state index contributed by atoms with van der Waals surface area (Å²) in [5.74, 6) is 1.60. The van der Waals surface area contributed by atoms with Crippen molar-refractivity contribution < 1.29 is 4.79 Å². The van der Waals surface area contributed by atoms with Gasteiger partial charge in [-0.1, -0.05) is 72.6 Å². The average molecular weight is 467 g/mol. The van der Waals surface area contributed by atoms with Crippen LogP contribution >= 0.6 is 0 Å². The second kappa shape index (κ2) is 12.3. The van der Waals surface area contributed by atoms with Crippen LogP contribution in [0.25, 0.3) is 0 Å². The van der Waals surface area contributed by atoms with Crippen molar-refractivity contribution in [3.8, 4) is 0 Å². The van der Waals surface area contributed by atoms with Gasteiger partial charge in [0.1, 0.15) is 0 Å². The molecule has 3 N–H and O–H groups in total. The molecule has 1 heterocycles. The van der Waals surface area contributed by atoms with Crippen LogP contribution in [0.2, 0.25) is 0 Å². The van der Waals surface area contributed by atoms with Crippen molar-refractivity contribution >= 4 is 35.0 Å².